The lowest BCUT2D eigenvalue weighted by Crippen LogP contribution is -2.36. The monoisotopic (exact) mass is 150 g/mol. The van der Waals surface area contributed by atoms with Crippen molar-refractivity contribution in [1.82, 2.24) is 0 Å². The third-order valence-corrected chi connectivity index (χ3v) is 0. The molecule has 0 aliphatic rings. The van der Waals surface area contributed by atoms with E-state index in [9.17, 15) is 0 Å². The van der Waals surface area contributed by atoms with E-state index in [-0.39, 0.29) is 12.4 Å². The minimum atomic E-state index is -1.56. The van der Waals surface area contributed by atoms with E-state index >= 15 is 0 Å². The Morgan fingerprint density at radius 3 is 1.17 bits per heavy atom. The Hall–Kier alpha value is 0.790. The molecular weight excluding hydrogens is 146 g/mol. The number of nitrogens with two attached hydrogens (primary N) is 2. The summed E-state index contributed by atoms with van der Waals surface area (Å²) in [6.07, 6.45) is 0. The molecule has 0 saturated heterocycles. The van der Waals surface area contributed by atoms with Gasteiger partial charge in [0.2, 0.25) is 4.58 Å². The highest BCUT2D eigenvalue weighted by atomic mass is 35.5. The molecule has 0 aliphatic carbocycles. The van der Waals surface area contributed by atoms with E-state index in [1.807, 2.05) is 0 Å². The van der Waals surface area contributed by atoms with Gasteiger partial charge in [-0.25, -0.2) is 0 Å². The first kappa shape index (κ1) is 9.92. The Labute approximate surface area is 52.2 Å². The fourth-order valence-electron chi connectivity index (χ4n) is 0. The summed E-state index contributed by atoms with van der Waals surface area (Å²) in [7, 11) is 0. The summed E-state index contributed by atoms with van der Waals surface area (Å²) in [5.74, 6) is 0. The van der Waals surface area contributed by atoms with Crippen molar-refractivity contribution in [3.63, 3.8) is 0 Å². The topological polar surface area (TPSA) is 52.0 Å². The zero-order valence-corrected chi connectivity index (χ0v) is 5.15. The molecule has 4 N–H and O–H groups in total. The minimum absolute atomic E-state index is 0. The molecule has 0 rings (SSSR count). The second kappa shape index (κ2) is 2.88. The summed E-state index contributed by atoms with van der Waals surface area (Å²) in [5, 5.41) is 0. The second-order valence-electron chi connectivity index (χ2n) is 0.675. The smallest absolute Gasteiger partial charge is 0.219 e. The first-order valence-corrected chi connectivity index (χ1v) is 1.71. The molecule has 5 heteroatoms. The summed E-state index contributed by atoms with van der Waals surface area (Å²) in [4.78, 5) is 0. The normalized spacial score (nSPS) is 10.0. The number of alkyl halides is 2. The number of halogens is 3. The van der Waals surface area contributed by atoms with Gasteiger partial charge in [0.1, 0.15) is 0 Å². The van der Waals surface area contributed by atoms with E-state index < -0.39 is 4.58 Å². The lowest BCUT2D eigenvalue weighted by Gasteiger charge is -1.99. The van der Waals surface area contributed by atoms with Crippen LogP contribution in [0.4, 0.5) is 0 Å². The van der Waals surface area contributed by atoms with Crippen LogP contribution in [0.2, 0.25) is 0 Å². The largest absolute Gasteiger partial charge is 0.288 e. The van der Waals surface area contributed by atoms with Crippen LogP contribution in [0.3, 0.4) is 0 Å². The highest BCUT2D eigenvalue weighted by Gasteiger charge is 2.03. The number of hydrogen-bond donors (Lipinski definition) is 2. The van der Waals surface area contributed by atoms with Crippen LogP contribution in [-0.2, 0) is 0 Å². The molecule has 0 unspecified atom stereocenters. The standard InChI is InChI=1S/CH4Cl2N2.ClH/c2-1(3,4)5;/h4-5H2;1H. The maximum atomic E-state index is 4.85. The van der Waals surface area contributed by atoms with Gasteiger partial charge >= 0.3 is 0 Å². The van der Waals surface area contributed by atoms with Crippen LogP contribution in [0.1, 0.15) is 0 Å². The fourth-order valence-corrected chi connectivity index (χ4v) is 0. The lowest BCUT2D eigenvalue weighted by atomic mass is 11.2. The fraction of sp³-hybridized carbons (Fsp3) is 1.00. The molecule has 0 aliphatic heterocycles. The highest BCUT2D eigenvalue weighted by Crippen LogP contribution is 1.99. The average Bonchev–Trinajstić information content (AvgIpc) is 0.722. The van der Waals surface area contributed by atoms with Gasteiger partial charge in [0.15, 0.2) is 0 Å². The van der Waals surface area contributed by atoms with Crippen molar-refractivity contribution in [2.45, 2.75) is 4.58 Å². The van der Waals surface area contributed by atoms with Crippen LogP contribution in [-0.4, -0.2) is 4.58 Å². The molecule has 0 saturated carbocycles. The van der Waals surface area contributed by atoms with E-state index in [1.54, 1.807) is 0 Å². The van der Waals surface area contributed by atoms with Crippen molar-refractivity contribution in [3.8, 4) is 0 Å². The van der Waals surface area contributed by atoms with Gasteiger partial charge in [0.25, 0.3) is 0 Å². The lowest BCUT2D eigenvalue weighted by molar-refractivity contribution is 0.882. The molecule has 0 amide bonds. The van der Waals surface area contributed by atoms with E-state index in [0.29, 0.717) is 0 Å². The summed E-state index contributed by atoms with van der Waals surface area (Å²) in [5.41, 5.74) is 9.33. The van der Waals surface area contributed by atoms with E-state index in [1.165, 1.54) is 0 Å². The molecule has 0 atom stereocenters. The minimum Gasteiger partial charge on any atom is -0.288 e. The summed E-state index contributed by atoms with van der Waals surface area (Å²) in [6.45, 7) is 0. The predicted molar refractivity (Wildman–Crippen MR) is 30.1 cm³/mol. The Kier molecular flexibility index (Phi) is 4.76. The Morgan fingerprint density at radius 1 is 1.17 bits per heavy atom. The van der Waals surface area contributed by atoms with Crippen molar-refractivity contribution in [3.05, 3.63) is 0 Å². The van der Waals surface area contributed by atoms with Crippen molar-refractivity contribution >= 4 is 35.6 Å². The van der Waals surface area contributed by atoms with E-state index in [2.05, 4.69) is 11.5 Å². The molecule has 0 heterocycles. The number of rotatable bonds is 0. The van der Waals surface area contributed by atoms with Crippen molar-refractivity contribution in [2.24, 2.45) is 11.5 Å². The summed E-state index contributed by atoms with van der Waals surface area (Å²) >= 11 is 9.70. The molecule has 0 aromatic heterocycles. The first-order chi connectivity index (χ1) is 2.00. The van der Waals surface area contributed by atoms with Crippen LogP contribution < -0.4 is 11.5 Å². The zero-order valence-electron chi connectivity index (χ0n) is 2.82. The van der Waals surface area contributed by atoms with Gasteiger partial charge in [-0.2, -0.15) is 0 Å². The molecule has 0 bridgehead atoms. The number of hydrogen-bond acceptors (Lipinski definition) is 2. The van der Waals surface area contributed by atoms with Crippen molar-refractivity contribution in [1.29, 1.82) is 0 Å². The second-order valence-corrected chi connectivity index (χ2v) is 2.12. The van der Waals surface area contributed by atoms with Gasteiger partial charge in [-0.05, 0) is 0 Å². The molecule has 0 aromatic carbocycles. The molecule has 0 aromatic rings. The van der Waals surface area contributed by atoms with E-state index in [4.69, 9.17) is 23.2 Å². The van der Waals surface area contributed by atoms with Crippen LogP contribution in [0, 0.1) is 0 Å². The molecule has 2 nitrogen and oxygen atoms in total. The molecule has 0 spiro atoms. The highest BCUT2D eigenvalue weighted by molar-refractivity contribution is 6.47. The van der Waals surface area contributed by atoms with Crippen molar-refractivity contribution in [2.75, 3.05) is 0 Å². The predicted octanol–water partition coefficient (Wildman–Crippen LogP) is 0.415. The van der Waals surface area contributed by atoms with E-state index in [0.717, 1.165) is 0 Å². The van der Waals surface area contributed by atoms with Gasteiger partial charge in [-0.1, -0.05) is 23.2 Å². The van der Waals surface area contributed by atoms with Crippen LogP contribution >= 0.6 is 35.6 Å². The summed E-state index contributed by atoms with van der Waals surface area (Å²) < 4.78 is -1.56. The molecular formula is CH5Cl3N2. The van der Waals surface area contributed by atoms with Crippen molar-refractivity contribution < 1.29 is 0 Å². The molecule has 40 valence electrons. The van der Waals surface area contributed by atoms with Crippen LogP contribution in [0.15, 0.2) is 0 Å². The third-order valence-electron chi connectivity index (χ3n) is 0. The zero-order chi connectivity index (χ0) is 4.50. The quantitative estimate of drug-likeness (QED) is 0.299. The van der Waals surface area contributed by atoms with Gasteiger partial charge in [0.05, 0.1) is 0 Å². The van der Waals surface area contributed by atoms with Gasteiger partial charge < -0.3 is 0 Å². The Morgan fingerprint density at radius 2 is 1.17 bits per heavy atom. The maximum absolute atomic E-state index is 4.85. The van der Waals surface area contributed by atoms with Gasteiger partial charge in [-0.3, -0.25) is 11.5 Å². The third kappa shape index (κ3) is 110. The SMILES string of the molecule is Cl.NC(N)(Cl)Cl. The first-order valence-electron chi connectivity index (χ1n) is 0.955. The van der Waals surface area contributed by atoms with Crippen LogP contribution in [0.25, 0.3) is 0 Å². The average molecular weight is 151 g/mol. The maximum Gasteiger partial charge on any atom is 0.219 e. The molecule has 0 radical (unpaired) electrons. The van der Waals surface area contributed by atoms with Crippen LogP contribution in [0.5, 0.6) is 0 Å². The van der Waals surface area contributed by atoms with Gasteiger partial charge in [-0.15, -0.1) is 12.4 Å². The molecule has 6 heavy (non-hydrogen) atoms. The summed E-state index contributed by atoms with van der Waals surface area (Å²) in [6, 6.07) is 0. The Bertz CT molecular complexity index is 24.3. The molecule has 0 fully saturated rings. The Balaban J connectivity index is 0. The van der Waals surface area contributed by atoms with Gasteiger partial charge in [0, 0.05) is 0 Å².